The minimum Gasteiger partial charge on any atom is -0.0945 e. The van der Waals surface area contributed by atoms with E-state index in [1.807, 2.05) is 0 Å². The van der Waals surface area contributed by atoms with E-state index in [1.165, 1.54) is 100 Å². The van der Waals surface area contributed by atoms with Crippen LogP contribution in [-0.2, 0) is 12.8 Å². The molecule has 2 aromatic carbocycles. The fourth-order valence-corrected chi connectivity index (χ4v) is 4.80. The number of rotatable bonds is 10. The molecule has 3 rings (SSSR count). The highest BCUT2D eigenvalue weighted by atomic mass is 14.2. The van der Waals surface area contributed by atoms with E-state index in [9.17, 15) is 0 Å². The van der Waals surface area contributed by atoms with Gasteiger partial charge in [-0.05, 0) is 86.1 Å². The number of unbranched alkanes of at least 4 members (excludes halogenated alkanes) is 5. The molecule has 0 aromatic heterocycles. The Hall–Kier alpha value is -2.00. The first-order chi connectivity index (χ1) is 15.3. The molecular weight excluding hydrogens is 372 g/mol. The maximum atomic E-state index is 3.57. The molecule has 0 nitrogen and oxygen atoms in total. The molecule has 1 aliphatic carbocycles. The molecule has 0 atom stereocenters. The van der Waals surface area contributed by atoms with Crippen molar-refractivity contribution >= 4 is 0 Å². The number of hydrogen-bond acceptors (Lipinski definition) is 0. The molecule has 0 bridgehead atoms. The highest BCUT2D eigenvalue weighted by molar-refractivity contribution is 5.37. The third-order valence-corrected chi connectivity index (χ3v) is 6.94. The van der Waals surface area contributed by atoms with Gasteiger partial charge in [-0.3, -0.25) is 0 Å². The lowest BCUT2D eigenvalue weighted by atomic mass is 9.78. The summed E-state index contributed by atoms with van der Waals surface area (Å²) in [5.41, 5.74) is 5.68. The summed E-state index contributed by atoms with van der Waals surface area (Å²) in [4.78, 5) is 0. The van der Waals surface area contributed by atoms with E-state index in [0.29, 0.717) is 5.92 Å². The van der Waals surface area contributed by atoms with Crippen molar-refractivity contribution in [1.82, 2.24) is 0 Å². The molecule has 0 unspecified atom stereocenters. The summed E-state index contributed by atoms with van der Waals surface area (Å²) in [6.07, 6.45) is 16.8. The number of hydrogen-bond donors (Lipinski definition) is 0. The molecule has 31 heavy (non-hydrogen) atoms. The Morgan fingerprint density at radius 2 is 1.19 bits per heavy atom. The van der Waals surface area contributed by atoms with Gasteiger partial charge in [0, 0.05) is 11.5 Å². The quantitative estimate of drug-likeness (QED) is 0.269. The van der Waals surface area contributed by atoms with Crippen LogP contribution < -0.4 is 0 Å². The normalized spacial score (nSPS) is 18.4. The lowest BCUT2D eigenvalue weighted by Gasteiger charge is -2.26. The van der Waals surface area contributed by atoms with Crippen LogP contribution in [0.4, 0.5) is 0 Å². The summed E-state index contributed by atoms with van der Waals surface area (Å²) in [5, 5.41) is 0. The first-order valence-corrected chi connectivity index (χ1v) is 13.0. The largest absolute Gasteiger partial charge is 0.0945 e. The Bertz CT molecular complexity index is 792. The second kappa shape index (κ2) is 13.4. The summed E-state index contributed by atoms with van der Waals surface area (Å²) >= 11 is 0. The predicted molar refractivity (Wildman–Crippen MR) is 136 cm³/mol. The van der Waals surface area contributed by atoms with Crippen molar-refractivity contribution in [3.63, 3.8) is 0 Å². The van der Waals surface area contributed by atoms with Gasteiger partial charge < -0.3 is 0 Å². The molecule has 1 saturated carbocycles. The molecule has 1 fully saturated rings. The van der Waals surface area contributed by atoms with Crippen molar-refractivity contribution in [2.45, 2.75) is 103 Å². The van der Waals surface area contributed by atoms with Crippen LogP contribution in [0.25, 0.3) is 0 Å². The van der Waals surface area contributed by atoms with Gasteiger partial charge >= 0.3 is 0 Å². The van der Waals surface area contributed by atoms with E-state index in [-0.39, 0.29) is 0 Å². The lowest BCUT2D eigenvalue weighted by molar-refractivity contribution is 0.384. The molecular formula is C31H42. The summed E-state index contributed by atoms with van der Waals surface area (Å²) in [6, 6.07) is 18.5. The summed E-state index contributed by atoms with van der Waals surface area (Å²) in [5.74, 6) is 8.32. The second-order valence-corrected chi connectivity index (χ2v) is 9.52. The fraction of sp³-hybridized carbons (Fsp3) is 0.548. The number of aryl methyl sites for hydroxylation is 2. The molecule has 0 radical (unpaired) electrons. The summed E-state index contributed by atoms with van der Waals surface area (Å²) in [7, 11) is 0. The summed E-state index contributed by atoms with van der Waals surface area (Å²) in [6.45, 7) is 4.54. The third kappa shape index (κ3) is 8.22. The van der Waals surface area contributed by atoms with Crippen molar-refractivity contribution in [3.8, 4) is 11.8 Å². The molecule has 0 saturated heterocycles. The van der Waals surface area contributed by atoms with Crippen LogP contribution in [0.5, 0.6) is 0 Å². The van der Waals surface area contributed by atoms with E-state index >= 15 is 0 Å². The standard InChI is InChI=1S/C31H42/c1-3-5-7-9-11-27-18-22-30(23-19-27)31-24-20-29(21-25-31)17-16-28-14-12-26(13-15-28)10-8-6-4-2/h12-15,18-19,22-23,29,31H,3-11,20-21,24-25H2,1-2H3. The second-order valence-electron chi connectivity index (χ2n) is 9.52. The predicted octanol–water partition coefficient (Wildman–Crippen LogP) is 8.87. The Morgan fingerprint density at radius 1 is 0.645 bits per heavy atom. The van der Waals surface area contributed by atoms with Crippen molar-refractivity contribution in [2.75, 3.05) is 0 Å². The van der Waals surface area contributed by atoms with Gasteiger partial charge in [0.05, 0.1) is 0 Å². The highest BCUT2D eigenvalue weighted by Gasteiger charge is 2.21. The van der Waals surface area contributed by atoms with Gasteiger partial charge in [-0.1, -0.05) is 94.2 Å². The van der Waals surface area contributed by atoms with Gasteiger partial charge in [0.15, 0.2) is 0 Å². The molecule has 2 aromatic rings. The zero-order chi connectivity index (χ0) is 21.7. The van der Waals surface area contributed by atoms with Gasteiger partial charge in [-0.25, -0.2) is 0 Å². The average molecular weight is 415 g/mol. The van der Waals surface area contributed by atoms with E-state index < -0.39 is 0 Å². The van der Waals surface area contributed by atoms with Crippen molar-refractivity contribution < 1.29 is 0 Å². The molecule has 166 valence electrons. The Morgan fingerprint density at radius 3 is 1.81 bits per heavy atom. The van der Waals surface area contributed by atoms with Crippen LogP contribution in [-0.4, -0.2) is 0 Å². The highest BCUT2D eigenvalue weighted by Crippen LogP contribution is 2.35. The average Bonchev–Trinajstić information content (AvgIpc) is 2.82. The van der Waals surface area contributed by atoms with Crippen molar-refractivity contribution in [3.05, 3.63) is 70.8 Å². The van der Waals surface area contributed by atoms with Crippen LogP contribution in [0, 0.1) is 17.8 Å². The SMILES string of the molecule is CCCCCCc1ccc(C2CCC(C#Cc3ccc(CCCCC)cc3)CC2)cc1. The first kappa shape index (κ1) is 23.7. The molecule has 0 aliphatic heterocycles. The topological polar surface area (TPSA) is 0 Å². The van der Waals surface area contributed by atoms with Crippen LogP contribution in [0.15, 0.2) is 48.5 Å². The van der Waals surface area contributed by atoms with Crippen LogP contribution in [0.2, 0.25) is 0 Å². The van der Waals surface area contributed by atoms with Crippen molar-refractivity contribution in [1.29, 1.82) is 0 Å². The molecule has 0 heteroatoms. The maximum absolute atomic E-state index is 3.57. The minimum absolute atomic E-state index is 0.568. The van der Waals surface area contributed by atoms with E-state index in [2.05, 4.69) is 74.2 Å². The molecule has 0 spiro atoms. The lowest BCUT2D eigenvalue weighted by Crippen LogP contribution is -2.12. The van der Waals surface area contributed by atoms with Gasteiger partial charge in [0.2, 0.25) is 0 Å². The van der Waals surface area contributed by atoms with Crippen LogP contribution >= 0.6 is 0 Å². The zero-order valence-corrected chi connectivity index (χ0v) is 20.0. The van der Waals surface area contributed by atoms with Gasteiger partial charge in [-0.15, -0.1) is 0 Å². The fourth-order valence-electron chi connectivity index (χ4n) is 4.80. The van der Waals surface area contributed by atoms with Crippen molar-refractivity contribution in [2.24, 2.45) is 5.92 Å². The smallest absolute Gasteiger partial charge is 0.0245 e. The first-order valence-electron chi connectivity index (χ1n) is 13.0. The van der Waals surface area contributed by atoms with Gasteiger partial charge in [0.25, 0.3) is 0 Å². The summed E-state index contributed by atoms with van der Waals surface area (Å²) < 4.78 is 0. The van der Waals surface area contributed by atoms with E-state index in [4.69, 9.17) is 0 Å². The van der Waals surface area contributed by atoms with Gasteiger partial charge in [-0.2, -0.15) is 0 Å². The Kier molecular flexibility index (Phi) is 10.2. The third-order valence-electron chi connectivity index (χ3n) is 6.94. The van der Waals surface area contributed by atoms with E-state index in [0.717, 1.165) is 5.92 Å². The molecule has 0 heterocycles. The zero-order valence-electron chi connectivity index (χ0n) is 20.0. The van der Waals surface area contributed by atoms with E-state index in [1.54, 1.807) is 5.56 Å². The monoisotopic (exact) mass is 414 g/mol. The van der Waals surface area contributed by atoms with Gasteiger partial charge in [0.1, 0.15) is 0 Å². The molecule has 1 aliphatic rings. The minimum atomic E-state index is 0.568. The molecule has 0 N–H and O–H groups in total. The maximum Gasteiger partial charge on any atom is 0.0245 e. The molecule has 0 amide bonds. The number of benzene rings is 2. The van der Waals surface area contributed by atoms with Crippen LogP contribution in [0.1, 0.15) is 113 Å². The Labute approximate surface area is 191 Å². The van der Waals surface area contributed by atoms with Crippen LogP contribution in [0.3, 0.4) is 0 Å². The Balaban J connectivity index is 1.42.